The zero-order valence-corrected chi connectivity index (χ0v) is 13.4. The van der Waals surface area contributed by atoms with Crippen LogP contribution in [0.3, 0.4) is 0 Å². The van der Waals surface area contributed by atoms with Gasteiger partial charge in [-0.05, 0) is 30.5 Å². The van der Waals surface area contributed by atoms with Gasteiger partial charge in [-0.3, -0.25) is 4.79 Å². The van der Waals surface area contributed by atoms with Gasteiger partial charge in [-0.2, -0.15) is 0 Å². The topological polar surface area (TPSA) is 38.3 Å². The Labute approximate surface area is 130 Å². The van der Waals surface area contributed by atoms with Gasteiger partial charge in [-0.25, -0.2) is 0 Å². The Morgan fingerprint density at radius 2 is 2.15 bits per heavy atom. The van der Waals surface area contributed by atoms with E-state index >= 15 is 0 Å². The molecule has 0 aliphatic carbocycles. The van der Waals surface area contributed by atoms with Crippen molar-refractivity contribution < 1.29 is 9.53 Å². The lowest BCUT2D eigenvalue weighted by atomic mass is 10.1. The molecule has 0 saturated heterocycles. The van der Waals surface area contributed by atoms with Crippen LogP contribution in [-0.4, -0.2) is 19.1 Å². The molecular weight excluding hydrogens is 297 g/mol. The summed E-state index contributed by atoms with van der Waals surface area (Å²) in [6, 6.07) is 5.09. The molecule has 0 radical (unpaired) electrons. The number of benzene rings is 1. The molecule has 0 saturated carbocycles. The maximum atomic E-state index is 11.6. The Kier molecular flexibility index (Phi) is 7.78. The van der Waals surface area contributed by atoms with Crippen LogP contribution in [-0.2, 0) is 4.79 Å². The lowest BCUT2D eigenvalue weighted by molar-refractivity contribution is -0.121. The standard InChI is InChI=1S/C15H21Cl2NO2/c1-3-11(2)10-18-15(19)5-4-8-20-14-7-6-12(16)9-13(14)17/h6-7,9,11H,3-5,8,10H2,1-2H3,(H,18,19)/t11-/m1/s1. The maximum absolute atomic E-state index is 11.6. The third kappa shape index (κ3) is 6.49. The normalized spacial score (nSPS) is 12.0. The molecule has 0 aromatic heterocycles. The van der Waals surface area contributed by atoms with E-state index in [0.717, 1.165) is 13.0 Å². The molecule has 1 N–H and O–H groups in total. The van der Waals surface area contributed by atoms with Gasteiger partial charge in [0.05, 0.1) is 11.6 Å². The minimum atomic E-state index is 0.0658. The molecule has 1 rings (SSSR count). The number of carbonyl (C=O) groups is 1. The first-order chi connectivity index (χ1) is 9.52. The van der Waals surface area contributed by atoms with Crippen LogP contribution in [0.5, 0.6) is 5.75 Å². The summed E-state index contributed by atoms with van der Waals surface area (Å²) >= 11 is 11.8. The fraction of sp³-hybridized carbons (Fsp3) is 0.533. The first kappa shape index (κ1) is 17.1. The molecule has 5 heteroatoms. The smallest absolute Gasteiger partial charge is 0.220 e. The first-order valence-corrected chi connectivity index (χ1v) is 7.63. The van der Waals surface area contributed by atoms with Crippen LogP contribution in [0.25, 0.3) is 0 Å². The minimum Gasteiger partial charge on any atom is -0.492 e. The summed E-state index contributed by atoms with van der Waals surface area (Å²) in [5.41, 5.74) is 0. The molecule has 0 bridgehead atoms. The highest BCUT2D eigenvalue weighted by Crippen LogP contribution is 2.27. The monoisotopic (exact) mass is 317 g/mol. The molecule has 1 amide bonds. The molecule has 3 nitrogen and oxygen atoms in total. The number of hydrogen-bond acceptors (Lipinski definition) is 2. The van der Waals surface area contributed by atoms with Crippen molar-refractivity contribution in [2.75, 3.05) is 13.2 Å². The average Bonchev–Trinajstić information content (AvgIpc) is 2.42. The number of nitrogens with one attached hydrogen (secondary N) is 1. The van der Waals surface area contributed by atoms with Crippen molar-refractivity contribution in [1.82, 2.24) is 5.32 Å². The molecule has 0 unspecified atom stereocenters. The second kappa shape index (κ2) is 9.09. The Morgan fingerprint density at radius 1 is 1.40 bits per heavy atom. The number of carbonyl (C=O) groups excluding carboxylic acids is 1. The fourth-order valence-corrected chi connectivity index (χ4v) is 1.99. The molecule has 1 aromatic carbocycles. The van der Waals surface area contributed by atoms with Crippen molar-refractivity contribution in [2.45, 2.75) is 33.1 Å². The fourth-order valence-electron chi connectivity index (χ4n) is 1.53. The lowest BCUT2D eigenvalue weighted by Gasteiger charge is -2.11. The predicted octanol–water partition coefficient (Wildman–Crippen LogP) is 4.31. The van der Waals surface area contributed by atoms with E-state index in [0.29, 0.717) is 41.2 Å². The van der Waals surface area contributed by atoms with Crippen LogP contribution in [0.15, 0.2) is 18.2 Å². The molecule has 0 aliphatic heterocycles. The van der Waals surface area contributed by atoms with Gasteiger partial charge in [0.15, 0.2) is 0 Å². The summed E-state index contributed by atoms with van der Waals surface area (Å²) in [5, 5.41) is 3.97. The molecule has 20 heavy (non-hydrogen) atoms. The van der Waals surface area contributed by atoms with Gasteiger partial charge in [0, 0.05) is 18.0 Å². The van der Waals surface area contributed by atoms with Gasteiger partial charge >= 0.3 is 0 Å². The second-order valence-electron chi connectivity index (χ2n) is 4.84. The number of ether oxygens (including phenoxy) is 1. The van der Waals surface area contributed by atoms with E-state index in [1.165, 1.54) is 0 Å². The lowest BCUT2D eigenvalue weighted by Crippen LogP contribution is -2.28. The Bertz CT molecular complexity index is 438. The zero-order chi connectivity index (χ0) is 15.0. The summed E-state index contributed by atoms with van der Waals surface area (Å²) in [7, 11) is 0. The number of halogens is 2. The van der Waals surface area contributed by atoms with Gasteiger partial charge in [-0.1, -0.05) is 43.5 Å². The van der Waals surface area contributed by atoms with Crippen molar-refractivity contribution in [3.63, 3.8) is 0 Å². The summed E-state index contributed by atoms with van der Waals surface area (Å²) in [4.78, 5) is 11.6. The molecule has 112 valence electrons. The van der Waals surface area contributed by atoms with Gasteiger partial charge in [0.25, 0.3) is 0 Å². The predicted molar refractivity (Wildman–Crippen MR) is 83.7 cm³/mol. The third-order valence-electron chi connectivity index (χ3n) is 3.04. The van der Waals surface area contributed by atoms with Crippen LogP contribution in [0, 0.1) is 5.92 Å². The minimum absolute atomic E-state index is 0.0658. The molecular formula is C15H21Cl2NO2. The molecule has 0 spiro atoms. The van der Waals surface area contributed by atoms with Crippen LogP contribution in [0.4, 0.5) is 0 Å². The third-order valence-corrected chi connectivity index (χ3v) is 3.57. The van der Waals surface area contributed by atoms with Gasteiger partial charge in [0.1, 0.15) is 5.75 Å². The van der Waals surface area contributed by atoms with E-state index in [1.54, 1.807) is 18.2 Å². The first-order valence-electron chi connectivity index (χ1n) is 6.87. The summed E-state index contributed by atoms with van der Waals surface area (Å²) in [5.74, 6) is 1.18. The van der Waals surface area contributed by atoms with Crippen molar-refractivity contribution in [3.8, 4) is 5.75 Å². The molecule has 1 aromatic rings. The van der Waals surface area contributed by atoms with E-state index < -0.39 is 0 Å². The van der Waals surface area contributed by atoms with Crippen molar-refractivity contribution in [2.24, 2.45) is 5.92 Å². The quantitative estimate of drug-likeness (QED) is 0.725. The van der Waals surface area contributed by atoms with E-state index in [-0.39, 0.29) is 5.91 Å². The Balaban J connectivity index is 2.19. The number of hydrogen-bond donors (Lipinski definition) is 1. The highest BCUT2D eigenvalue weighted by atomic mass is 35.5. The van der Waals surface area contributed by atoms with Crippen LogP contribution in [0.2, 0.25) is 10.0 Å². The van der Waals surface area contributed by atoms with E-state index in [9.17, 15) is 4.79 Å². The maximum Gasteiger partial charge on any atom is 0.220 e. The summed E-state index contributed by atoms with van der Waals surface area (Å²) in [6.07, 6.45) is 2.19. The highest BCUT2D eigenvalue weighted by Gasteiger charge is 2.05. The van der Waals surface area contributed by atoms with E-state index in [4.69, 9.17) is 27.9 Å². The van der Waals surface area contributed by atoms with Gasteiger partial charge < -0.3 is 10.1 Å². The number of amides is 1. The Morgan fingerprint density at radius 3 is 2.80 bits per heavy atom. The molecule has 0 fully saturated rings. The van der Waals surface area contributed by atoms with Crippen molar-refractivity contribution in [3.05, 3.63) is 28.2 Å². The van der Waals surface area contributed by atoms with Crippen LogP contribution in [0.1, 0.15) is 33.1 Å². The van der Waals surface area contributed by atoms with Gasteiger partial charge in [0.2, 0.25) is 5.91 Å². The van der Waals surface area contributed by atoms with E-state index in [1.807, 2.05) is 0 Å². The molecule has 1 atom stereocenters. The largest absolute Gasteiger partial charge is 0.492 e. The molecule has 0 aliphatic rings. The highest BCUT2D eigenvalue weighted by molar-refractivity contribution is 6.35. The van der Waals surface area contributed by atoms with E-state index in [2.05, 4.69) is 19.2 Å². The van der Waals surface area contributed by atoms with Crippen molar-refractivity contribution in [1.29, 1.82) is 0 Å². The molecule has 0 heterocycles. The van der Waals surface area contributed by atoms with Gasteiger partial charge in [-0.15, -0.1) is 0 Å². The SMILES string of the molecule is CC[C@@H](C)CNC(=O)CCCOc1ccc(Cl)cc1Cl. The van der Waals surface area contributed by atoms with Crippen molar-refractivity contribution >= 4 is 29.1 Å². The average molecular weight is 318 g/mol. The number of rotatable bonds is 8. The summed E-state index contributed by atoms with van der Waals surface area (Å²) < 4.78 is 5.52. The van der Waals surface area contributed by atoms with Crippen LogP contribution < -0.4 is 10.1 Å². The second-order valence-corrected chi connectivity index (χ2v) is 5.69. The van der Waals surface area contributed by atoms with Crippen LogP contribution >= 0.6 is 23.2 Å². The summed E-state index contributed by atoms with van der Waals surface area (Å²) in [6.45, 7) is 5.42. The zero-order valence-electron chi connectivity index (χ0n) is 11.9. The Hall–Kier alpha value is -0.930.